The third-order valence-corrected chi connectivity index (χ3v) is 4.65. The Morgan fingerprint density at radius 1 is 1.33 bits per heavy atom. The number of pyridine rings is 1. The minimum Gasteiger partial charge on any atom is -0.349 e. The SMILES string of the molecule is CC1CCC(C)(C(=O)NCc2cc(-c3ccc(C(F)(F)F)nc3)ncn2)N1. The summed E-state index contributed by atoms with van der Waals surface area (Å²) in [6, 6.07) is 4.13. The fourth-order valence-corrected chi connectivity index (χ4v) is 3.10. The molecule has 3 heterocycles. The molecule has 0 bridgehead atoms. The topological polar surface area (TPSA) is 79.8 Å². The van der Waals surface area contributed by atoms with Crippen LogP contribution < -0.4 is 10.6 Å². The van der Waals surface area contributed by atoms with E-state index in [4.69, 9.17) is 0 Å². The molecule has 1 aliphatic heterocycles. The van der Waals surface area contributed by atoms with Crippen LogP contribution in [0.1, 0.15) is 38.1 Å². The molecular weight excluding hydrogens is 359 g/mol. The zero-order valence-electron chi connectivity index (χ0n) is 15.0. The molecule has 1 fully saturated rings. The number of amides is 1. The lowest BCUT2D eigenvalue weighted by molar-refractivity contribution is -0.141. The van der Waals surface area contributed by atoms with E-state index in [-0.39, 0.29) is 12.5 Å². The third-order valence-electron chi connectivity index (χ3n) is 4.65. The second-order valence-corrected chi connectivity index (χ2v) is 6.92. The highest BCUT2D eigenvalue weighted by Gasteiger charge is 2.38. The molecule has 2 aromatic rings. The van der Waals surface area contributed by atoms with Gasteiger partial charge in [0.2, 0.25) is 5.91 Å². The largest absolute Gasteiger partial charge is 0.433 e. The normalized spacial score (nSPS) is 22.6. The van der Waals surface area contributed by atoms with Crippen molar-refractivity contribution in [2.75, 3.05) is 0 Å². The maximum atomic E-state index is 12.6. The molecule has 0 radical (unpaired) electrons. The van der Waals surface area contributed by atoms with Crippen LogP contribution in [0.4, 0.5) is 13.2 Å². The maximum absolute atomic E-state index is 12.6. The highest BCUT2D eigenvalue weighted by Crippen LogP contribution is 2.28. The number of carbonyl (C=O) groups is 1. The van der Waals surface area contributed by atoms with E-state index in [2.05, 4.69) is 25.6 Å². The zero-order chi connectivity index (χ0) is 19.7. The number of aromatic nitrogens is 3. The summed E-state index contributed by atoms with van der Waals surface area (Å²) in [4.78, 5) is 24.1. The molecule has 2 N–H and O–H groups in total. The van der Waals surface area contributed by atoms with Crippen LogP contribution in [0.2, 0.25) is 0 Å². The molecule has 0 aliphatic carbocycles. The molecular formula is C18H20F3N5O. The molecule has 0 spiro atoms. The monoisotopic (exact) mass is 379 g/mol. The molecule has 0 saturated carbocycles. The van der Waals surface area contributed by atoms with Gasteiger partial charge in [-0.1, -0.05) is 0 Å². The van der Waals surface area contributed by atoms with Crippen molar-refractivity contribution in [1.82, 2.24) is 25.6 Å². The van der Waals surface area contributed by atoms with Crippen molar-refractivity contribution in [3.05, 3.63) is 42.1 Å². The van der Waals surface area contributed by atoms with E-state index in [0.29, 0.717) is 23.0 Å². The van der Waals surface area contributed by atoms with Crippen molar-refractivity contribution in [2.45, 2.75) is 51.0 Å². The summed E-state index contributed by atoms with van der Waals surface area (Å²) in [7, 11) is 0. The van der Waals surface area contributed by atoms with Crippen LogP contribution in [-0.2, 0) is 17.5 Å². The Labute approximate surface area is 154 Å². The van der Waals surface area contributed by atoms with Crippen LogP contribution in [0.3, 0.4) is 0 Å². The molecule has 1 amide bonds. The summed E-state index contributed by atoms with van der Waals surface area (Å²) in [5, 5.41) is 6.13. The Morgan fingerprint density at radius 2 is 2.11 bits per heavy atom. The van der Waals surface area contributed by atoms with Crippen molar-refractivity contribution in [3.63, 3.8) is 0 Å². The number of halogens is 3. The Hall–Kier alpha value is -2.55. The third kappa shape index (κ3) is 4.41. The second kappa shape index (κ2) is 7.22. The van der Waals surface area contributed by atoms with E-state index in [9.17, 15) is 18.0 Å². The highest BCUT2D eigenvalue weighted by atomic mass is 19.4. The first-order valence-corrected chi connectivity index (χ1v) is 8.58. The van der Waals surface area contributed by atoms with E-state index in [1.54, 1.807) is 6.07 Å². The molecule has 2 unspecified atom stereocenters. The molecule has 6 nitrogen and oxygen atoms in total. The van der Waals surface area contributed by atoms with Crippen LogP contribution in [0.5, 0.6) is 0 Å². The standard InChI is InChI=1S/C18H20F3N5O/c1-11-5-6-17(2,26-11)16(27)23-9-13-7-14(25-10-24-13)12-3-4-15(22-8-12)18(19,20)21/h3-4,7-8,10-11,26H,5-6,9H2,1-2H3,(H,23,27). The number of hydrogen-bond acceptors (Lipinski definition) is 5. The number of alkyl halides is 3. The van der Waals surface area contributed by atoms with Crippen LogP contribution in [0, 0.1) is 0 Å². The first-order valence-electron chi connectivity index (χ1n) is 8.58. The highest BCUT2D eigenvalue weighted by molar-refractivity contribution is 5.86. The quantitative estimate of drug-likeness (QED) is 0.854. The van der Waals surface area contributed by atoms with Gasteiger partial charge < -0.3 is 10.6 Å². The summed E-state index contributed by atoms with van der Waals surface area (Å²) in [5.41, 5.74) is -0.125. The average molecular weight is 379 g/mol. The van der Waals surface area contributed by atoms with Crippen molar-refractivity contribution >= 4 is 5.91 Å². The van der Waals surface area contributed by atoms with Gasteiger partial charge in [0.05, 0.1) is 23.5 Å². The van der Waals surface area contributed by atoms with Gasteiger partial charge in [-0.15, -0.1) is 0 Å². The fourth-order valence-electron chi connectivity index (χ4n) is 3.10. The van der Waals surface area contributed by atoms with Gasteiger partial charge in [0.1, 0.15) is 12.0 Å². The van der Waals surface area contributed by atoms with Gasteiger partial charge >= 0.3 is 6.18 Å². The lowest BCUT2D eigenvalue weighted by Crippen LogP contribution is -2.52. The van der Waals surface area contributed by atoms with E-state index >= 15 is 0 Å². The molecule has 9 heteroatoms. The Morgan fingerprint density at radius 3 is 2.70 bits per heavy atom. The van der Waals surface area contributed by atoms with Gasteiger partial charge in [0, 0.05) is 17.8 Å². The number of hydrogen-bond donors (Lipinski definition) is 2. The zero-order valence-corrected chi connectivity index (χ0v) is 15.0. The summed E-state index contributed by atoms with van der Waals surface area (Å²) in [6.45, 7) is 4.10. The maximum Gasteiger partial charge on any atom is 0.433 e. The van der Waals surface area contributed by atoms with E-state index in [1.165, 1.54) is 12.4 Å². The number of nitrogens with zero attached hydrogens (tertiary/aromatic N) is 3. The smallest absolute Gasteiger partial charge is 0.349 e. The minimum absolute atomic E-state index is 0.108. The van der Waals surface area contributed by atoms with Gasteiger partial charge in [-0.2, -0.15) is 13.2 Å². The molecule has 2 atom stereocenters. The van der Waals surface area contributed by atoms with Crippen LogP contribution in [0.25, 0.3) is 11.3 Å². The number of rotatable bonds is 4. The van der Waals surface area contributed by atoms with Crippen LogP contribution in [0.15, 0.2) is 30.7 Å². The summed E-state index contributed by atoms with van der Waals surface area (Å²) >= 11 is 0. The first-order chi connectivity index (χ1) is 12.7. The Kier molecular flexibility index (Phi) is 5.14. The first kappa shape index (κ1) is 19.2. The van der Waals surface area contributed by atoms with Gasteiger partial charge in [-0.25, -0.2) is 9.97 Å². The summed E-state index contributed by atoms with van der Waals surface area (Å²) in [6.07, 6.45) is -0.360. The molecule has 0 aromatic carbocycles. The minimum atomic E-state index is -4.48. The van der Waals surface area contributed by atoms with Crippen molar-refractivity contribution in [3.8, 4) is 11.3 Å². The molecule has 2 aromatic heterocycles. The van der Waals surface area contributed by atoms with Crippen molar-refractivity contribution < 1.29 is 18.0 Å². The second-order valence-electron chi connectivity index (χ2n) is 6.92. The van der Waals surface area contributed by atoms with Gasteiger partial charge in [-0.3, -0.25) is 9.78 Å². The lowest BCUT2D eigenvalue weighted by Gasteiger charge is -2.24. The molecule has 144 valence electrons. The molecule has 1 aliphatic rings. The van der Waals surface area contributed by atoms with Gasteiger partial charge in [0.25, 0.3) is 0 Å². The van der Waals surface area contributed by atoms with E-state index in [1.807, 2.05) is 13.8 Å². The molecule has 1 saturated heterocycles. The van der Waals surface area contributed by atoms with Crippen LogP contribution >= 0.6 is 0 Å². The molecule has 27 heavy (non-hydrogen) atoms. The predicted molar refractivity (Wildman–Crippen MR) is 92.3 cm³/mol. The predicted octanol–water partition coefficient (Wildman–Crippen LogP) is 2.70. The fraction of sp³-hybridized carbons (Fsp3) is 0.444. The Bertz CT molecular complexity index is 824. The van der Waals surface area contributed by atoms with Gasteiger partial charge in [-0.05, 0) is 44.9 Å². The van der Waals surface area contributed by atoms with Crippen molar-refractivity contribution in [2.24, 2.45) is 0 Å². The Balaban J connectivity index is 1.68. The lowest BCUT2D eigenvalue weighted by atomic mass is 9.99. The van der Waals surface area contributed by atoms with E-state index in [0.717, 1.165) is 25.1 Å². The molecule has 3 rings (SSSR count). The summed E-state index contributed by atoms with van der Waals surface area (Å²) < 4.78 is 37.8. The van der Waals surface area contributed by atoms with Crippen LogP contribution in [-0.4, -0.2) is 32.4 Å². The average Bonchev–Trinajstić information content (AvgIpc) is 2.99. The van der Waals surface area contributed by atoms with E-state index < -0.39 is 17.4 Å². The summed E-state index contributed by atoms with van der Waals surface area (Å²) in [5.74, 6) is -0.108. The number of nitrogens with one attached hydrogen (secondary N) is 2. The van der Waals surface area contributed by atoms with Gasteiger partial charge in [0.15, 0.2) is 0 Å². The number of carbonyl (C=O) groups excluding carboxylic acids is 1. The van der Waals surface area contributed by atoms with Crippen molar-refractivity contribution in [1.29, 1.82) is 0 Å².